The van der Waals surface area contributed by atoms with Gasteiger partial charge in [0.05, 0.1) is 6.61 Å². The van der Waals surface area contributed by atoms with Crippen LogP contribution < -0.4 is 5.32 Å². The molecule has 0 unspecified atom stereocenters. The van der Waals surface area contributed by atoms with E-state index in [4.69, 9.17) is 4.74 Å². The zero-order valence-corrected chi connectivity index (χ0v) is 11.2. The van der Waals surface area contributed by atoms with E-state index in [1.807, 2.05) is 20.8 Å². The molecule has 0 bridgehead atoms. The first-order valence-electron chi connectivity index (χ1n) is 6.15. The summed E-state index contributed by atoms with van der Waals surface area (Å²) in [5, 5.41) is 3.35. The summed E-state index contributed by atoms with van der Waals surface area (Å²) in [6.07, 6.45) is 0. The van der Waals surface area contributed by atoms with Crippen molar-refractivity contribution in [3.63, 3.8) is 0 Å². The van der Waals surface area contributed by atoms with Gasteiger partial charge in [-0.2, -0.15) is 0 Å². The third-order valence-corrected chi connectivity index (χ3v) is 1.88. The van der Waals surface area contributed by atoms with Gasteiger partial charge in [0, 0.05) is 18.3 Å². The molecule has 0 amide bonds. The van der Waals surface area contributed by atoms with Crippen LogP contribution in [0, 0.1) is 0 Å². The van der Waals surface area contributed by atoms with E-state index in [2.05, 4.69) is 43.4 Å². The normalized spacial score (nSPS) is 9.62. The second-order valence-electron chi connectivity index (χ2n) is 3.63. The van der Waals surface area contributed by atoms with Gasteiger partial charge in [-0.05, 0) is 38.5 Å². The minimum absolute atomic E-state index is 0.479. The monoisotopic (exact) mass is 223 g/mol. The van der Waals surface area contributed by atoms with E-state index in [1.54, 1.807) is 0 Å². The SMILES string of the molecule is CC.CCOCc1ccc(NC(C)C)cc1. The molecule has 1 rings (SSSR count). The molecule has 0 heterocycles. The first-order valence-corrected chi connectivity index (χ1v) is 6.15. The highest BCUT2D eigenvalue weighted by molar-refractivity contribution is 5.45. The van der Waals surface area contributed by atoms with E-state index < -0.39 is 0 Å². The number of hydrogen-bond acceptors (Lipinski definition) is 2. The second kappa shape index (κ2) is 9.22. The van der Waals surface area contributed by atoms with Crippen molar-refractivity contribution >= 4 is 5.69 Å². The van der Waals surface area contributed by atoms with Gasteiger partial charge in [0.1, 0.15) is 0 Å². The minimum Gasteiger partial charge on any atom is -0.383 e. The summed E-state index contributed by atoms with van der Waals surface area (Å²) in [7, 11) is 0. The van der Waals surface area contributed by atoms with Crippen molar-refractivity contribution in [2.45, 2.75) is 47.3 Å². The molecule has 0 aliphatic heterocycles. The van der Waals surface area contributed by atoms with Crippen molar-refractivity contribution < 1.29 is 4.74 Å². The molecule has 0 saturated carbocycles. The molecule has 1 N–H and O–H groups in total. The van der Waals surface area contributed by atoms with Gasteiger partial charge in [-0.3, -0.25) is 0 Å². The average molecular weight is 223 g/mol. The van der Waals surface area contributed by atoms with Gasteiger partial charge in [0.15, 0.2) is 0 Å². The minimum atomic E-state index is 0.479. The second-order valence-corrected chi connectivity index (χ2v) is 3.63. The van der Waals surface area contributed by atoms with Crippen LogP contribution in [0.3, 0.4) is 0 Å². The lowest BCUT2D eigenvalue weighted by atomic mass is 10.2. The van der Waals surface area contributed by atoms with Crippen molar-refractivity contribution in [1.82, 2.24) is 0 Å². The van der Waals surface area contributed by atoms with Crippen LogP contribution in [-0.4, -0.2) is 12.6 Å². The molecule has 0 aliphatic carbocycles. The largest absolute Gasteiger partial charge is 0.383 e. The molecular weight excluding hydrogens is 198 g/mol. The van der Waals surface area contributed by atoms with Gasteiger partial charge in [-0.15, -0.1) is 0 Å². The van der Waals surface area contributed by atoms with Gasteiger partial charge in [-0.25, -0.2) is 0 Å². The summed E-state index contributed by atoms with van der Waals surface area (Å²) in [4.78, 5) is 0. The summed E-state index contributed by atoms with van der Waals surface area (Å²) in [6, 6.07) is 8.86. The molecule has 0 saturated heterocycles. The molecule has 0 aromatic heterocycles. The van der Waals surface area contributed by atoms with Crippen LogP contribution >= 0.6 is 0 Å². The molecule has 16 heavy (non-hydrogen) atoms. The highest BCUT2D eigenvalue weighted by Crippen LogP contribution is 2.11. The van der Waals surface area contributed by atoms with Crippen molar-refractivity contribution in [3.8, 4) is 0 Å². The maximum atomic E-state index is 5.32. The first kappa shape index (κ1) is 15.0. The summed E-state index contributed by atoms with van der Waals surface area (Å²) in [5.41, 5.74) is 2.39. The summed E-state index contributed by atoms with van der Waals surface area (Å²) in [5.74, 6) is 0. The van der Waals surface area contributed by atoms with Gasteiger partial charge in [-0.1, -0.05) is 26.0 Å². The number of benzene rings is 1. The van der Waals surface area contributed by atoms with E-state index >= 15 is 0 Å². The molecule has 0 fully saturated rings. The summed E-state index contributed by atoms with van der Waals surface area (Å²) >= 11 is 0. The number of rotatable bonds is 5. The van der Waals surface area contributed by atoms with E-state index in [9.17, 15) is 0 Å². The number of hydrogen-bond donors (Lipinski definition) is 1. The average Bonchev–Trinajstić information content (AvgIpc) is 2.30. The molecule has 0 spiro atoms. The van der Waals surface area contributed by atoms with Crippen LogP contribution in [0.15, 0.2) is 24.3 Å². The van der Waals surface area contributed by atoms with Crippen LogP contribution in [0.1, 0.15) is 40.2 Å². The third kappa shape index (κ3) is 6.46. The zero-order valence-electron chi connectivity index (χ0n) is 11.2. The van der Waals surface area contributed by atoms with E-state index in [0.717, 1.165) is 6.61 Å². The molecule has 92 valence electrons. The van der Waals surface area contributed by atoms with Gasteiger partial charge in [0.25, 0.3) is 0 Å². The molecular formula is C14H25NO. The van der Waals surface area contributed by atoms with E-state index in [0.29, 0.717) is 12.6 Å². The maximum absolute atomic E-state index is 5.32. The quantitative estimate of drug-likeness (QED) is 0.812. The lowest BCUT2D eigenvalue weighted by Gasteiger charge is -2.10. The Balaban J connectivity index is 0.00000106. The summed E-state index contributed by atoms with van der Waals surface area (Å²) < 4.78 is 5.32. The predicted octanol–water partition coefficient (Wildman–Crippen LogP) is 4.07. The first-order chi connectivity index (χ1) is 7.72. The Morgan fingerprint density at radius 3 is 2.12 bits per heavy atom. The van der Waals surface area contributed by atoms with Crippen LogP contribution in [0.4, 0.5) is 5.69 Å². The molecule has 2 nitrogen and oxygen atoms in total. The van der Waals surface area contributed by atoms with Crippen LogP contribution in [0.5, 0.6) is 0 Å². The Bertz CT molecular complexity index is 254. The Hall–Kier alpha value is -1.02. The van der Waals surface area contributed by atoms with Crippen molar-refractivity contribution in [2.75, 3.05) is 11.9 Å². The van der Waals surface area contributed by atoms with Crippen molar-refractivity contribution in [1.29, 1.82) is 0 Å². The lowest BCUT2D eigenvalue weighted by Crippen LogP contribution is -2.09. The Morgan fingerprint density at radius 2 is 1.69 bits per heavy atom. The molecule has 0 aliphatic rings. The Kier molecular flexibility index (Phi) is 8.64. The van der Waals surface area contributed by atoms with Crippen molar-refractivity contribution in [3.05, 3.63) is 29.8 Å². The molecule has 2 heteroatoms. The van der Waals surface area contributed by atoms with Crippen LogP contribution in [0.25, 0.3) is 0 Å². The number of nitrogens with one attached hydrogen (secondary N) is 1. The topological polar surface area (TPSA) is 21.3 Å². The number of anilines is 1. The Morgan fingerprint density at radius 1 is 1.12 bits per heavy atom. The highest BCUT2D eigenvalue weighted by Gasteiger charge is 1.95. The number of ether oxygens (including phenoxy) is 1. The smallest absolute Gasteiger partial charge is 0.0716 e. The highest BCUT2D eigenvalue weighted by atomic mass is 16.5. The summed E-state index contributed by atoms with van der Waals surface area (Å²) in [6.45, 7) is 11.8. The molecule has 0 radical (unpaired) electrons. The van der Waals surface area contributed by atoms with Gasteiger partial charge < -0.3 is 10.1 Å². The van der Waals surface area contributed by atoms with Crippen molar-refractivity contribution in [2.24, 2.45) is 0 Å². The molecule has 0 atom stereocenters. The fraction of sp³-hybridized carbons (Fsp3) is 0.571. The molecule has 1 aromatic carbocycles. The van der Waals surface area contributed by atoms with E-state index in [1.165, 1.54) is 11.3 Å². The van der Waals surface area contributed by atoms with Crippen LogP contribution in [-0.2, 0) is 11.3 Å². The third-order valence-electron chi connectivity index (χ3n) is 1.88. The fourth-order valence-corrected chi connectivity index (χ4v) is 1.25. The van der Waals surface area contributed by atoms with Gasteiger partial charge in [0.2, 0.25) is 0 Å². The zero-order chi connectivity index (χ0) is 12.4. The standard InChI is InChI=1S/C12H19NO.C2H6/c1-4-14-9-11-5-7-12(8-6-11)13-10(2)3;1-2/h5-8,10,13H,4,9H2,1-3H3;1-2H3. The van der Waals surface area contributed by atoms with E-state index in [-0.39, 0.29) is 0 Å². The predicted molar refractivity (Wildman–Crippen MR) is 71.9 cm³/mol. The Labute approximate surface area is 100 Å². The molecule has 1 aromatic rings. The van der Waals surface area contributed by atoms with Crippen LogP contribution in [0.2, 0.25) is 0 Å². The fourth-order valence-electron chi connectivity index (χ4n) is 1.25. The maximum Gasteiger partial charge on any atom is 0.0716 e. The lowest BCUT2D eigenvalue weighted by molar-refractivity contribution is 0.134. The van der Waals surface area contributed by atoms with Gasteiger partial charge >= 0.3 is 0 Å².